The minimum atomic E-state index is -0.461. The third-order valence-electron chi connectivity index (χ3n) is 3.00. The molecule has 2 aliphatic rings. The maximum Gasteiger partial charge on any atom is 0.245 e. The molecule has 2 amide bonds. The molecule has 1 N–H and O–H groups in total. The summed E-state index contributed by atoms with van der Waals surface area (Å²) in [6.07, 6.45) is 2.46. The number of amides is 2. The quantitative estimate of drug-likeness (QED) is 0.687. The first-order valence-corrected chi connectivity index (χ1v) is 6.64. The summed E-state index contributed by atoms with van der Waals surface area (Å²) in [7, 11) is 0. The van der Waals surface area contributed by atoms with E-state index in [2.05, 4.69) is 17.9 Å². The van der Waals surface area contributed by atoms with Crippen molar-refractivity contribution in [3.8, 4) is 0 Å². The molecule has 1 saturated carbocycles. The molecule has 6 heteroatoms. The number of morpholine rings is 1. The SMILES string of the molecule is O=C(NC1CC1)C1COCCN1C(=O)CCS. The summed E-state index contributed by atoms with van der Waals surface area (Å²) in [4.78, 5) is 25.4. The van der Waals surface area contributed by atoms with Gasteiger partial charge in [-0.05, 0) is 18.6 Å². The summed E-state index contributed by atoms with van der Waals surface area (Å²) in [5.41, 5.74) is 0. The number of carbonyl (C=O) groups is 2. The van der Waals surface area contributed by atoms with Crippen molar-refractivity contribution < 1.29 is 14.3 Å². The Labute approximate surface area is 106 Å². The molecule has 1 atom stereocenters. The molecule has 0 spiro atoms. The largest absolute Gasteiger partial charge is 0.377 e. The van der Waals surface area contributed by atoms with Gasteiger partial charge in [0.15, 0.2) is 0 Å². The minimum absolute atomic E-state index is 0.0146. The molecule has 96 valence electrons. The van der Waals surface area contributed by atoms with Crippen LogP contribution < -0.4 is 5.32 Å². The van der Waals surface area contributed by atoms with Gasteiger partial charge in [-0.3, -0.25) is 9.59 Å². The van der Waals surface area contributed by atoms with E-state index in [4.69, 9.17) is 4.74 Å². The van der Waals surface area contributed by atoms with Crippen molar-refractivity contribution in [1.82, 2.24) is 10.2 Å². The Bertz CT molecular complexity index is 307. The molecule has 1 aliphatic heterocycles. The van der Waals surface area contributed by atoms with Crippen LogP contribution in [0.4, 0.5) is 0 Å². The van der Waals surface area contributed by atoms with Crippen molar-refractivity contribution in [2.75, 3.05) is 25.5 Å². The van der Waals surface area contributed by atoms with Crippen molar-refractivity contribution >= 4 is 24.4 Å². The first-order chi connectivity index (χ1) is 8.22. The average molecular weight is 258 g/mol. The Morgan fingerprint density at radius 2 is 2.18 bits per heavy atom. The number of rotatable bonds is 4. The van der Waals surface area contributed by atoms with Gasteiger partial charge < -0.3 is 15.0 Å². The molecule has 1 unspecified atom stereocenters. The van der Waals surface area contributed by atoms with Crippen LogP contribution in [0.25, 0.3) is 0 Å². The second kappa shape index (κ2) is 5.73. The van der Waals surface area contributed by atoms with E-state index in [1.807, 2.05) is 0 Å². The predicted octanol–water partition coefficient (Wildman–Crippen LogP) is -0.188. The van der Waals surface area contributed by atoms with Crippen LogP contribution in [0.1, 0.15) is 19.3 Å². The lowest BCUT2D eigenvalue weighted by atomic mass is 10.2. The monoisotopic (exact) mass is 258 g/mol. The van der Waals surface area contributed by atoms with Crippen molar-refractivity contribution in [3.05, 3.63) is 0 Å². The van der Waals surface area contributed by atoms with Gasteiger partial charge >= 0.3 is 0 Å². The maximum absolute atomic E-state index is 12.0. The highest BCUT2D eigenvalue weighted by molar-refractivity contribution is 7.80. The summed E-state index contributed by atoms with van der Waals surface area (Å²) in [5, 5.41) is 2.92. The van der Waals surface area contributed by atoms with Gasteiger partial charge in [-0.25, -0.2) is 0 Å². The van der Waals surface area contributed by atoms with Gasteiger partial charge in [0.1, 0.15) is 6.04 Å². The Morgan fingerprint density at radius 1 is 1.41 bits per heavy atom. The third kappa shape index (κ3) is 3.35. The predicted molar refractivity (Wildman–Crippen MR) is 66.0 cm³/mol. The van der Waals surface area contributed by atoms with Gasteiger partial charge in [0.05, 0.1) is 13.2 Å². The van der Waals surface area contributed by atoms with E-state index < -0.39 is 6.04 Å². The number of hydrogen-bond acceptors (Lipinski definition) is 4. The van der Waals surface area contributed by atoms with Gasteiger partial charge in [0.25, 0.3) is 0 Å². The molecule has 1 heterocycles. The summed E-state index contributed by atoms with van der Waals surface area (Å²) in [6.45, 7) is 1.30. The Morgan fingerprint density at radius 3 is 2.82 bits per heavy atom. The zero-order valence-corrected chi connectivity index (χ0v) is 10.6. The Kier molecular flexibility index (Phi) is 4.28. The molecule has 5 nitrogen and oxygen atoms in total. The third-order valence-corrected chi connectivity index (χ3v) is 3.22. The van der Waals surface area contributed by atoms with Gasteiger partial charge in [-0.15, -0.1) is 0 Å². The smallest absolute Gasteiger partial charge is 0.245 e. The molecule has 0 aromatic rings. The summed E-state index contributed by atoms with van der Waals surface area (Å²) < 4.78 is 5.29. The second-order valence-corrected chi connectivity index (χ2v) is 4.88. The number of ether oxygens (including phenoxy) is 1. The van der Waals surface area contributed by atoms with Gasteiger partial charge in [0.2, 0.25) is 11.8 Å². The zero-order valence-electron chi connectivity index (χ0n) is 9.72. The first kappa shape index (κ1) is 12.7. The molecule has 0 aromatic heterocycles. The highest BCUT2D eigenvalue weighted by atomic mass is 32.1. The summed E-state index contributed by atoms with van der Waals surface area (Å²) in [5.74, 6) is 0.409. The summed E-state index contributed by atoms with van der Waals surface area (Å²) >= 11 is 4.05. The topological polar surface area (TPSA) is 58.6 Å². The molecule has 0 radical (unpaired) electrons. The molecular weight excluding hydrogens is 240 g/mol. The van der Waals surface area contributed by atoms with Crippen LogP contribution in [0.5, 0.6) is 0 Å². The fourth-order valence-electron chi connectivity index (χ4n) is 1.88. The van der Waals surface area contributed by atoms with Crippen molar-refractivity contribution in [3.63, 3.8) is 0 Å². The average Bonchev–Trinajstić information content (AvgIpc) is 3.13. The molecular formula is C11H18N2O3S. The standard InChI is InChI=1S/C11H18N2O3S/c14-10(3-6-17)13-4-5-16-7-9(13)11(15)12-8-1-2-8/h8-9,17H,1-7H2,(H,12,15). The summed E-state index contributed by atoms with van der Waals surface area (Å²) in [6, 6.07) is -0.150. The lowest BCUT2D eigenvalue weighted by molar-refractivity contribution is -0.148. The number of nitrogens with zero attached hydrogens (tertiary/aromatic N) is 1. The van der Waals surface area contributed by atoms with Crippen LogP contribution in [0.15, 0.2) is 0 Å². The molecule has 0 bridgehead atoms. The maximum atomic E-state index is 12.0. The Hall–Kier alpha value is -0.750. The van der Waals surface area contributed by atoms with Crippen LogP contribution in [-0.4, -0.2) is 54.3 Å². The number of nitrogens with one attached hydrogen (secondary N) is 1. The van der Waals surface area contributed by atoms with Gasteiger partial charge in [0, 0.05) is 19.0 Å². The highest BCUT2D eigenvalue weighted by Gasteiger charge is 2.35. The van der Waals surface area contributed by atoms with Crippen LogP contribution >= 0.6 is 12.6 Å². The van der Waals surface area contributed by atoms with Crippen LogP contribution in [-0.2, 0) is 14.3 Å². The van der Waals surface area contributed by atoms with E-state index in [1.54, 1.807) is 4.90 Å². The first-order valence-electron chi connectivity index (χ1n) is 6.01. The minimum Gasteiger partial charge on any atom is -0.377 e. The second-order valence-electron chi connectivity index (χ2n) is 4.43. The lowest BCUT2D eigenvalue weighted by Gasteiger charge is -2.34. The van der Waals surface area contributed by atoms with Crippen molar-refractivity contribution in [2.24, 2.45) is 0 Å². The van der Waals surface area contributed by atoms with Crippen molar-refractivity contribution in [2.45, 2.75) is 31.3 Å². The fraction of sp³-hybridized carbons (Fsp3) is 0.818. The van der Waals surface area contributed by atoms with Crippen molar-refractivity contribution in [1.29, 1.82) is 0 Å². The molecule has 2 fully saturated rings. The van der Waals surface area contributed by atoms with E-state index >= 15 is 0 Å². The highest BCUT2D eigenvalue weighted by Crippen LogP contribution is 2.19. The molecule has 1 saturated heterocycles. The van der Waals surface area contributed by atoms with E-state index in [-0.39, 0.29) is 11.8 Å². The molecule has 17 heavy (non-hydrogen) atoms. The molecule has 0 aromatic carbocycles. The molecule has 2 rings (SSSR count). The van der Waals surface area contributed by atoms with Crippen LogP contribution in [0, 0.1) is 0 Å². The van der Waals surface area contributed by atoms with E-state index in [0.717, 1.165) is 12.8 Å². The lowest BCUT2D eigenvalue weighted by Crippen LogP contribution is -2.56. The molecule has 1 aliphatic carbocycles. The fourth-order valence-corrected chi connectivity index (χ4v) is 2.07. The normalized spacial score (nSPS) is 24.5. The van der Waals surface area contributed by atoms with E-state index in [0.29, 0.717) is 38.0 Å². The van der Waals surface area contributed by atoms with E-state index in [9.17, 15) is 9.59 Å². The zero-order chi connectivity index (χ0) is 12.3. The van der Waals surface area contributed by atoms with Gasteiger partial charge in [-0.2, -0.15) is 12.6 Å². The Balaban J connectivity index is 1.94. The van der Waals surface area contributed by atoms with Crippen LogP contribution in [0.3, 0.4) is 0 Å². The number of carbonyl (C=O) groups excluding carboxylic acids is 2. The number of hydrogen-bond donors (Lipinski definition) is 2. The van der Waals surface area contributed by atoms with Gasteiger partial charge in [-0.1, -0.05) is 0 Å². The van der Waals surface area contributed by atoms with Crippen LogP contribution in [0.2, 0.25) is 0 Å². The number of thiol groups is 1. The van der Waals surface area contributed by atoms with E-state index in [1.165, 1.54) is 0 Å².